The molecule has 2 unspecified atom stereocenters. The molecule has 1 saturated carbocycles. The maximum atomic E-state index is 12.4. The molecule has 1 fully saturated rings. The molecule has 3 N–H and O–H groups in total. The van der Waals surface area contributed by atoms with Gasteiger partial charge in [-0.05, 0) is 62.4 Å². The number of amides is 2. The Morgan fingerprint density at radius 3 is 2.19 bits per heavy atom. The van der Waals surface area contributed by atoms with Crippen molar-refractivity contribution in [3.8, 4) is 17.2 Å². The summed E-state index contributed by atoms with van der Waals surface area (Å²) in [6.45, 7) is 0. The molecule has 0 saturated heterocycles. The monoisotopic (exact) mass is 536 g/mol. The molecule has 0 aromatic heterocycles. The normalized spacial score (nSPS) is 18.3. The minimum Gasteiger partial charge on any atom is -0.490 e. The number of benzene rings is 2. The summed E-state index contributed by atoms with van der Waals surface area (Å²) in [7, 11) is 0. The van der Waals surface area contributed by atoms with Gasteiger partial charge < -0.3 is 30.0 Å². The Hall–Kier alpha value is -3.84. The molecule has 2 amide bonds. The first kappa shape index (κ1) is 27.7. The highest BCUT2D eigenvalue weighted by Crippen LogP contribution is 2.31. The first-order valence-corrected chi connectivity index (χ1v) is 11.0. The highest BCUT2D eigenvalue weighted by Gasteiger charge is 2.32. The van der Waals surface area contributed by atoms with Gasteiger partial charge in [-0.25, -0.2) is 9.59 Å². The van der Waals surface area contributed by atoms with Crippen LogP contribution in [-0.4, -0.2) is 42.0 Å². The smallest absolute Gasteiger partial charge is 0.490 e. The summed E-state index contributed by atoms with van der Waals surface area (Å²) in [5, 5.41) is 14.5. The third kappa shape index (κ3) is 9.28. The second-order valence-electron chi connectivity index (χ2n) is 8.13. The number of anilines is 1. The molecule has 1 aliphatic carbocycles. The summed E-state index contributed by atoms with van der Waals surface area (Å²) in [6.07, 6.45) is -7.84. The Morgan fingerprint density at radius 1 is 0.865 bits per heavy atom. The number of carbonyl (C=O) groups is 2. The summed E-state index contributed by atoms with van der Waals surface area (Å²) in [4.78, 5) is 23.9. The van der Waals surface area contributed by atoms with Crippen molar-refractivity contribution in [1.29, 1.82) is 0 Å². The van der Waals surface area contributed by atoms with Crippen molar-refractivity contribution in [3.63, 3.8) is 0 Å². The van der Waals surface area contributed by atoms with Crippen LogP contribution < -0.4 is 24.8 Å². The lowest BCUT2D eigenvalue weighted by Gasteiger charge is -2.20. The van der Waals surface area contributed by atoms with Crippen LogP contribution in [0.15, 0.2) is 42.5 Å². The Kier molecular flexibility index (Phi) is 8.61. The zero-order valence-corrected chi connectivity index (χ0v) is 19.0. The number of rotatable bonds is 7. The minimum atomic E-state index is -4.98. The molecule has 14 heteroatoms. The largest absolute Gasteiger partial charge is 0.573 e. The van der Waals surface area contributed by atoms with Crippen LogP contribution in [0.3, 0.4) is 0 Å². The molecule has 2 aromatic rings. The maximum absolute atomic E-state index is 12.4. The van der Waals surface area contributed by atoms with E-state index < -0.39 is 47.9 Å². The highest BCUT2D eigenvalue weighted by molar-refractivity contribution is 5.91. The molecular formula is C23H22F6N2O6. The van der Waals surface area contributed by atoms with Gasteiger partial charge in [-0.3, -0.25) is 0 Å². The van der Waals surface area contributed by atoms with Crippen molar-refractivity contribution in [2.45, 2.75) is 57.0 Å². The molecule has 3 rings (SSSR count). The standard InChI is InChI=1S/C23H22F6N2O6/c24-22(25,26)36-16-6-2-4-14(11-16)31-21(34)30-13-3-1-5-15(8-7-13)35-19-10-9-17(37-23(27,28)29)12-18(19)20(32)33/h2,4,6,9-13,15H,1,3,5,7-8H2,(H,32,33)(H2,30,31,34). The number of ether oxygens (including phenoxy) is 3. The molecule has 0 heterocycles. The molecule has 0 radical (unpaired) electrons. The quantitative estimate of drug-likeness (QED) is 0.293. The molecular weight excluding hydrogens is 514 g/mol. The van der Waals surface area contributed by atoms with E-state index >= 15 is 0 Å². The molecule has 202 valence electrons. The van der Waals surface area contributed by atoms with Crippen LogP contribution in [0, 0.1) is 0 Å². The minimum absolute atomic E-state index is 0.0910. The van der Waals surface area contributed by atoms with Gasteiger partial charge in [0.15, 0.2) is 0 Å². The molecule has 8 nitrogen and oxygen atoms in total. The topological polar surface area (TPSA) is 106 Å². The van der Waals surface area contributed by atoms with Crippen LogP contribution in [0.5, 0.6) is 17.2 Å². The second-order valence-corrected chi connectivity index (χ2v) is 8.13. The van der Waals surface area contributed by atoms with Crippen molar-refractivity contribution in [2.24, 2.45) is 0 Å². The van der Waals surface area contributed by atoms with Crippen molar-refractivity contribution in [1.82, 2.24) is 5.32 Å². The summed E-state index contributed by atoms with van der Waals surface area (Å²) < 4.78 is 87.8. The van der Waals surface area contributed by atoms with Gasteiger partial charge in [-0.1, -0.05) is 6.07 Å². The number of hydrogen-bond donors (Lipinski definition) is 3. The first-order valence-electron chi connectivity index (χ1n) is 11.0. The summed E-state index contributed by atoms with van der Waals surface area (Å²) in [5.74, 6) is -2.78. The zero-order chi connectivity index (χ0) is 27.2. The SMILES string of the molecule is O=C(Nc1cccc(OC(F)(F)F)c1)NC1CCCC(Oc2ccc(OC(F)(F)F)cc2C(=O)O)CC1. The number of urea groups is 1. The Bertz CT molecular complexity index is 1110. The first-order chi connectivity index (χ1) is 17.3. The van der Waals surface area contributed by atoms with E-state index in [9.17, 15) is 41.0 Å². The molecule has 0 aliphatic heterocycles. The number of carboxylic acid groups (broad SMARTS) is 1. The van der Waals surface area contributed by atoms with E-state index in [0.717, 1.165) is 30.3 Å². The molecule has 2 aromatic carbocycles. The van der Waals surface area contributed by atoms with Gasteiger partial charge in [0, 0.05) is 17.8 Å². The van der Waals surface area contributed by atoms with Crippen molar-refractivity contribution >= 4 is 17.7 Å². The lowest BCUT2D eigenvalue weighted by Crippen LogP contribution is -2.37. The average Bonchev–Trinajstić information content (AvgIpc) is 2.97. The summed E-state index contributed by atoms with van der Waals surface area (Å²) >= 11 is 0. The average molecular weight is 536 g/mol. The number of carbonyl (C=O) groups excluding carboxylic acids is 1. The van der Waals surface area contributed by atoms with Gasteiger partial charge in [0.25, 0.3) is 0 Å². The van der Waals surface area contributed by atoms with Crippen LogP contribution in [0.2, 0.25) is 0 Å². The Morgan fingerprint density at radius 2 is 1.54 bits per heavy atom. The Balaban J connectivity index is 1.55. The third-order valence-electron chi connectivity index (χ3n) is 5.29. The molecule has 0 spiro atoms. The van der Waals surface area contributed by atoms with E-state index in [2.05, 4.69) is 20.1 Å². The maximum Gasteiger partial charge on any atom is 0.573 e. The van der Waals surface area contributed by atoms with E-state index in [1.165, 1.54) is 12.1 Å². The predicted octanol–water partition coefficient (Wildman–Crippen LogP) is 6.08. The van der Waals surface area contributed by atoms with Crippen LogP contribution in [0.4, 0.5) is 36.8 Å². The fourth-order valence-corrected chi connectivity index (χ4v) is 3.81. The number of carboxylic acids is 1. The van der Waals surface area contributed by atoms with E-state index in [0.29, 0.717) is 32.1 Å². The Labute approximate surface area is 206 Å². The summed E-state index contributed by atoms with van der Waals surface area (Å²) in [6, 6.07) is 6.63. The lowest BCUT2D eigenvalue weighted by molar-refractivity contribution is -0.275. The summed E-state index contributed by atoms with van der Waals surface area (Å²) in [5.41, 5.74) is -0.398. The molecule has 1 aliphatic rings. The molecule has 0 bridgehead atoms. The van der Waals surface area contributed by atoms with Gasteiger partial charge >= 0.3 is 24.7 Å². The zero-order valence-electron chi connectivity index (χ0n) is 19.0. The van der Waals surface area contributed by atoms with Crippen LogP contribution in [-0.2, 0) is 0 Å². The predicted molar refractivity (Wildman–Crippen MR) is 117 cm³/mol. The van der Waals surface area contributed by atoms with Gasteiger partial charge in [-0.2, -0.15) is 0 Å². The number of halogens is 6. The van der Waals surface area contributed by atoms with E-state index in [4.69, 9.17) is 4.74 Å². The number of alkyl halides is 6. The molecule has 37 heavy (non-hydrogen) atoms. The second kappa shape index (κ2) is 11.5. The van der Waals surface area contributed by atoms with E-state index in [-0.39, 0.29) is 17.5 Å². The van der Waals surface area contributed by atoms with Gasteiger partial charge in [0.2, 0.25) is 0 Å². The van der Waals surface area contributed by atoms with Gasteiger partial charge in [-0.15, -0.1) is 26.3 Å². The van der Waals surface area contributed by atoms with Crippen molar-refractivity contribution in [2.75, 3.05) is 5.32 Å². The van der Waals surface area contributed by atoms with E-state index in [1.54, 1.807) is 0 Å². The van der Waals surface area contributed by atoms with Crippen molar-refractivity contribution < 1.29 is 55.2 Å². The number of nitrogens with one attached hydrogen (secondary N) is 2. The molecule has 2 atom stereocenters. The van der Waals surface area contributed by atoms with Crippen LogP contribution >= 0.6 is 0 Å². The van der Waals surface area contributed by atoms with Crippen LogP contribution in [0.1, 0.15) is 42.5 Å². The van der Waals surface area contributed by atoms with Crippen LogP contribution in [0.25, 0.3) is 0 Å². The van der Waals surface area contributed by atoms with Crippen molar-refractivity contribution in [3.05, 3.63) is 48.0 Å². The van der Waals surface area contributed by atoms with E-state index in [1.807, 2.05) is 0 Å². The highest BCUT2D eigenvalue weighted by atomic mass is 19.4. The third-order valence-corrected chi connectivity index (χ3v) is 5.29. The van der Waals surface area contributed by atoms with Gasteiger partial charge in [0.05, 0.1) is 6.10 Å². The van der Waals surface area contributed by atoms with Gasteiger partial charge in [0.1, 0.15) is 22.8 Å². The fourth-order valence-electron chi connectivity index (χ4n) is 3.81. The number of hydrogen-bond acceptors (Lipinski definition) is 5. The fraction of sp³-hybridized carbons (Fsp3) is 0.391. The number of aromatic carboxylic acids is 1. The lowest BCUT2D eigenvalue weighted by atomic mass is 10.1.